The van der Waals surface area contributed by atoms with E-state index in [0.717, 1.165) is 35.9 Å². The molecule has 4 nitrogen and oxygen atoms in total. The number of carbonyl (C=O) groups is 1. The van der Waals surface area contributed by atoms with E-state index in [0.29, 0.717) is 0 Å². The fourth-order valence-electron chi connectivity index (χ4n) is 2.55. The largest absolute Gasteiger partial charge is 0.333 e. The molecule has 3 rings (SSSR count). The van der Waals surface area contributed by atoms with Crippen molar-refractivity contribution in [1.82, 2.24) is 15.2 Å². The molecule has 21 heavy (non-hydrogen) atoms. The number of rotatable bonds is 3. The lowest BCUT2D eigenvalue weighted by Gasteiger charge is -2.33. The second kappa shape index (κ2) is 6.37. The second-order valence-corrected chi connectivity index (χ2v) is 6.45. The van der Waals surface area contributed by atoms with Gasteiger partial charge < -0.3 is 10.2 Å². The van der Waals surface area contributed by atoms with Gasteiger partial charge in [0.25, 0.3) is 5.91 Å². The normalized spacial score (nSPS) is 18.7. The Morgan fingerprint density at radius 2 is 2.24 bits per heavy atom. The summed E-state index contributed by atoms with van der Waals surface area (Å²) in [5.74, 6) is 0.112. The average molecular weight is 301 g/mol. The number of amides is 1. The lowest BCUT2D eigenvalue weighted by atomic mass is 10.2. The topological polar surface area (TPSA) is 45.2 Å². The summed E-state index contributed by atoms with van der Waals surface area (Å²) in [7, 11) is 0. The minimum atomic E-state index is 0.112. The van der Waals surface area contributed by atoms with Crippen LogP contribution in [0, 0.1) is 0 Å². The molecule has 2 aromatic rings. The van der Waals surface area contributed by atoms with Crippen molar-refractivity contribution in [2.75, 3.05) is 19.6 Å². The summed E-state index contributed by atoms with van der Waals surface area (Å²) in [6.07, 6.45) is 2.51. The maximum Gasteiger partial charge on any atom is 0.265 e. The van der Waals surface area contributed by atoms with E-state index in [2.05, 4.69) is 29.4 Å². The molecule has 0 spiro atoms. The molecular weight excluding hydrogens is 282 g/mol. The molecule has 0 unspecified atom stereocenters. The molecule has 110 valence electrons. The number of benzene rings is 1. The molecule has 1 atom stereocenters. The maximum atomic E-state index is 12.5. The minimum absolute atomic E-state index is 0.112. The van der Waals surface area contributed by atoms with Crippen LogP contribution in [0.3, 0.4) is 0 Å². The summed E-state index contributed by atoms with van der Waals surface area (Å²) < 4.78 is 0. The Labute approximate surface area is 128 Å². The van der Waals surface area contributed by atoms with E-state index >= 15 is 0 Å². The number of hydrogen-bond acceptors (Lipinski definition) is 4. The van der Waals surface area contributed by atoms with Crippen LogP contribution < -0.4 is 5.32 Å². The Morgan fingerprint density at radius 3 is 3.00 bits per heavy atom. The number of nitrogens with one attached hydrogen (secondary N) is 1. The molecule has 1 fully saturated rings. The smallest absolute Gasteiger partial charge is 0.265 e. The van der Waals surface area contributed by atoms with Gasteiger partial charge in [-0.1, -0.05) is 30.3 Å². The highest BCUT2D eigenvalue weighted by Gasteiger charge is 2.25. The molecule has 1 aromatic carbocycles. The van der Waals surface area contributed by atoms with Gasteiger partial charge in [-0.05, 0) is 12.5 Å². The Bertz CT molecular complexity index is 611. The van der Waals surface area contributed by atoms with Crippen molar-refractivity contribution in [3.8, 4) is 0 Å². The highest BCUT2D eigenvalue weighted by molar-refractivity contribution is 7.13. The van der Waals surface area contributed by atoms with Crippen LogP contribution in [-0.4, -0.2) is 41.5 Å². The van der Waals surface area contributed by atoms with Crippen molar-refractivity contribution in [3.63, 3.8) is 0 Å². The Hall–Kier alpha value is -1.72. The second-order valence-electron chi connectivity index (χ2n) is 5.33. The van der Waals surface area contributed by atoms with Gasteiger partial charge in [-0.3, -0.25) is 4.79 Å². The SMILES string of the molecule is C[C@@H]1CNCCN1C(=O)c1cnc(Cc2ccccc2)s1. The van der Waals surface area contributed by atoms with Crippen LogP contribution in [0.25, 0.3) is 0 Å². The van der Waals surface area contributed by atoms with Crippen molar-refractivity contribution in [1.29, 1.82) is 0 Å². The number of aromatic nitrogens is 1. The molecule has 1 aliphatic heterocycles. The Kier molecular flexibility index (Phi) is 4.31. The standard InChI is InChI=1S/C16H19N3OS/c1-12-10-17-7-8-19(12)16(20)14-11-18-15(21-14)9-13-5-3-2-4-6-13/h2-6,11-12,17H,7-10H2,1H3/t12-/m1/s1. The number of carbonyl (C=O) groups excluding carboxylic acids is 1. The predicted octanol–water partition coefficient (Wildman–Crippen LogP) is 2.17. The summed E-state index contributed by atoms with van der Waals surface area (Å²) in [4.78, 5) is 19.6. The predicted molar refractivity (Wildman–Crippen MR) is 84.7 cm³/mol. The van der Waals surface area contributed by atoms with E-state index in [-0.39, 0.29) is 11.9 Å². The van der Waals surface area contributed by atoms with E-state index in [1.165, 1.54) is 16.9 Å². The van der Waals surface area contributed by atoms with Crippen LogP contribution in [0.1, 0.15) is 27.2 Å². The van der Waals surface area contributed by atoms with Gasteiger partial charge in [-0.2, -0.15) is 0 Å². The zero-order chi connectivity index (χ0) is 14.7. The van der Waals surface area contributed by atoms with Crippen LogP contribution in [0.2, 0.25) is 0 Å². The fraction of sp³-hybridized carbons (Fsp3) is 0.375. The molecule has 2 heterocycles. The molecule has 5 heteroatoms. The van der Waals surface area contributed by atoms with Gasteiger partial charge in [0.1, 0.15) is 4.88 Å². The third-order valence-electron chi connectivity index (χ3n) is 3.72. The van der Waals surface area contributed by atoms with Gasteiger partial charge >= 0.3 is 0 Å². The number of hydrogen-bond donors (Lipinski definition) is 1. The molecule has 1 N–H and O–H groups in total. The van der Waals surface area contributed by atoms with Gasteiger partial charge in [-0.25, -0.2) is 4.98 Å². The summed E-state index contributed by atoms with van der Waals surface area (Å²) in [6, 6.07) is 10.5. The van der Waals surface area contributed by atoms with Gasteiger partial charge in [-0.15, -0.1) is 11.3 Å². The quantitative estimate of drug-likeness (QED) is 0.945. The van der Waals surface area contributed by atoms with Crippen LogP contribution in [0.4, 0.5) is 0 Å². The molecule has 0 aliphatic carbocycles. The van der Waals surface area contributed by atoms with Gasteiger partial charge in [0.15, 0.2) is 0 Å². The third-order valence-corrected chi connectivity index (χ3v) is 4.71. The van der Waals surface area contributed by atoms with Crippen LogP contribution in [0.15, 0.2) is 36.5 Å². The summed E-state index contributed by atoms with van der Waals surface area (Å²) in [5, 5.41) is 4.30. The average Bonchev–Trinajstić information content (AvgIpc) is 2.97. The van der Waals surface area contributed by atoms with Crippen molar-refractivity contribution in [2.45, 2.75) is 19.4 Å². The van der Waals surface area contributed by atoms with E-state index in [1.807, 2.05) is 23.1 Å². The van der Waals surface area contributed by atoms with Crippen molar-refractivity contribution in [2.24, 2.45) is 0 Å². The van der Waals surface area contributed by atoms with Crippen molar-refractivity contribution >= 4 is 17.2 Å². The fourth-order valence-corrected chi connectivity index (χ4v) is 3.45. The first-order valence-electron chi connectivity index (χ1n) is 7.24. The van der Waals surface area contributed by atoms with Crippen LogP contribution in [0.5, 0.6) is 0 Å². The molecule has 1 aromatic heterocycles. The van der Waals surface area contributed by atoms with Crippen LogP contribution >= 0.6 is 11.3 Å². The Morgan fingerprint density at radius 1 is 1.43 bits per heavy atom. The number of thiazole rings is 1. The molecule has 0 bridgehead atoms. The van der Waals surface area contributed by atoms with E-state index in [4.69, 9.17) is 0 Å². The van der Waals surface area contributed by atoms with Crippen molar-refractivity contribution < 1.29 is 4.79 Å². The van der Waals surface area contributed by atoms with Gasteiger partial charge in [0.2, 0.25) is 0 Å². The number of piperazine rings is 1. The van der Waals surface area contributed by atoms with E-state index < -0.39 is 0 Å². The molecule has 1 aliphatic rings. The number of nitrogens with zero attached hydrogens (tertiary/aromatic N) is 2. The van der Waals surface area contributed by atoms with Gasteiger partial charge in [0, 0.05) is 32.1 Å². The first-order chi connectivity index (χ1) is 10.2. The van der Waals surface area contributed by atoms with E-state index in [1.54, 1.807) is 6.20 Å². The van der Waals surface area contributed by atoms with Crippen molar-refractivity contribution in [3.05, 3.63) is 52.0 Å². The monoisotopic (exact) mass is 301 g/mol. The maximum absolute atomic E-state index is 12.5. The molecule has 0 saturated carbocycles. The van der Waals surface area contributed by atoms with Crippen LogP contribution in [-0.2, 0) is 6.42 Å². The van der Waals surface area contributed by atoms with Gasteiger partial charge in [0.05, 0.1) is 11.2 Å². The first kappa shape index (κ1) is 14.2. The first-order valence-corrected chi connectivity index (χ1v) is 8.06. The third kappa shape index (κ3) is 3.31. The zero-order valence-corrected chi connectivity index (χ0v) is 12.9. The zero-order valence-electron chi connectivity index (χ0n) is 12.1. The summed E-state index contributed by atoms with van der Waals surface area (Å²) in [6.45, 7) is 4.58. The summed E-state index contributed by atoms with van der Waals surface area (Å²) in [5.41, 5.74) is 1.22. The lowest BCUT2D eigenvalue weighted by molar-refractivity contribution is 0.0660. The van der Waals surface area contributed by atoms with E-state index in [9.17, 15) is 4.79 Å². The lowest BCUT2D eigenvalue weighted by Crippen LogP contribution is -2.52. The highest BCUT2D eigenvalue weighted by Crippen LogP contribution is 2.20. The molecular formula is C16H19N3OS. The molecule has 1 amide bonds. The minimum Gasteiger partial charge on any atom is -0.333 e. The highest BCUT2D eigenvalue weighted by atomic mass is 32.1. The summed E-state index contributed by atoms with van der Waals surface area (Å²) >= 11 is 1.51. The Balaban J connectivity index is 1.71. The molecule has 1 saturated heterocycles. The molecule has 0 radical (unpaired) electrons.